The Morgan fingerprint density at radius 1 is 1.00 bits per heavy atom. The van der Waals surface area contributed by atoms with Crippen molar-refractivity contribution in [2.45, 2.75) is 25.3 Å². The maximum atomic E-state index is 12.4. The number of likely N-dealkylation sites (tertiary alicyclic amines) is 1. The standard InChI is InChI=1S/C21H21N3O4S/c25-18(9-12-24-19(26)15-4-1-2-5-16(15)20(24)27)22-14-7-10-23(11-8-14)21(28)17-6-3-13-29-17/h1-6,13-14H,7-12H2,(H,22,25). The lowest BCUT2D eigenvalue weighted by Gasteiger charge is -2.32. The Morgan fingerprint density at radius 3 is 2.24 bits per heavy atom. The number of hydrogen-bond acceptors (Lipinski definition) is 5. The van der Waals surface area contributed by atoms with Crippen LogP contribution >= 0.6 is 11.3 Å². The number of nitrogens with one attached hydrogen (secondary N) is 1. The molecule has 1 aromatic heterocycles. The highest BCUT2D eigenvalue weighted by atomic mass is 32.1. The van der Waals surface area contributed by atoms with Crippen molar-refractivity contribution in [1.82, 2.24) is 15.1 Å². The lowest BCUT2D eigenvalue weighted by Crippen LogP contribution is -2.47. The zero-order valence-electron chi connectivity index (χ0n) is 15.8. The fraction of sp³-hybridized carbons (Fsp3) is 0.333. The van der Waals surface area contributed by atoms with E-state index in [0.717, 1.165) is 9.78 Å². The number of fused-ring (bicyclic) bond motifs is 1. The van der Waals surface area contributed by atoms with Gasteiger partial charge in [0, 0.05) is 32.1 Å². The van der Waals surface area contributed by atoms with Gasteiger partial charge in [-0.3, -0.25) is 24.1 Å². The van der Waals surface area contributed by atoms with E-state index in [1.54, 1.807) is 24.3 Å². The zero-order chi connectivity index (χ0) is 20.4. The lowest BCUT2D eigenvalue weighted by atomic mass is 10.0. The van der Waals surface area contributed by atoms with Crippen LogP contribution in [0.4, 0.5) is 0 Å². The fourth-order valence-corrected chi connectivity index (χ4v) is 4.43. The third kappa shape index (κ3) is 3.93. The average Bonchev–Trinajstić information content (AvgIpc) is 3.35. The van der Waals surface area contributed by atoms with E-state index in [2.05, 4.69) is 5.32 Å². The van der Waals surface area contributed by atoms with Gasteiger partial charge in [-0.25, -0.2) is 0 Å². The molecule has 2 aliphatic heterocycles. The van der Waals surface area contributed by atoms with Gasteiger partial charge in [0.2, 0.25) is 5.91 Å². The predicted molar refractivity (Wildman–Crippen MR) is 108 cm³/mol. The molecule has 0 bridgehead atoms. The van der Waals surface area contributed by atoms with Crippen LogP contribution in [0.3, 0.4) is 0 Å². The summed E-state index contributed by atoms with van der Waals surface area (Å²) in [5.41, 5.74) is 0.779. The summed E-state index contributed by atoms with van der Waals surface area (Å²) in [6.07, 6.45) is 1.45. The van der Waals surface area contributed by atoms with Crippen LogP contribution in [-0.4, -0.2) is 59.1 Å². The van der Waals surface area contributed by atoms with Gasteiger partial charge < -0.3 is 10.2 Å². The van der Waals surface area contributed by atoms with E-state index >= 15 is 0 Å². The minimum Gasteiger partial charge on any atom is -0.353 e. The number of thiophene rings is 1. The number of piperidine rings is 1. The second kappa shape index (κ2) is 8.16. The van der Waals surface area contributed by atoms with E-state index in [0.29, 0.717) is 37.1 Å². The van der Waals surface area contributed by atoms with Gasteiger partial charge in [0.15, 0.2) is 0 Å². The van der Waals surface area contributed by atoms with Crippen LogP contribution in [0.1, 0.15) is 49.7 Å². The molecule has 8 heteroatoms. The van der Waals surface area contributed by atoms with Gasteiger partial charge in [-0.1, -0.05) is 18.2 Å². The SMILES string of the molecule is O=C(CCN1C(=O)c2ccccc2C1=O)NC1CCN(C(=O)c2cccs2)CC1. The molecule has 2 aromatic rings. The van der Waals surface area contributed by atoms with Crippen molar-refractivity contribution >= 4 is 35.0 Å². The maximum absolute atomic E-state index is 12.4. The first-order valence-electron chi connectivity index (χ1n) is 9.62. The van der Waals surface area contributed by atoms with Gasteiger partial charge in [-0.15, -0.1) is 11.3 Å². The number of carbonyl (C=O) groups is 4. The summed E-state index contributed by atoms with van der Waals surface area (Å²) in [7, 11) is 0. The van der Waals surface area contributed by atoms with Crippen LogP contribution < -0.4 is 5.32 Å². The number of rotatable bonds is 5. The van der Waals surface area contributed by atoms with Crippen molar-refractivity contribution in [1.29, 1.82) is 0 Å². The van der Waals surface area contributed by atoms with Crippen LogP contribution in [0.15, 0.2) is 41.8 Å². The first-order valence-corrected chi connectivity index (χ1v) is 10.5. The molecule has 0 radical (unpaired) electrons. The summed E-state index contributed by atoms with van der Waals surface area (Å²) in [5, 5.41) is 4.85. The fourth-order valence-electron chi connectivity index (χ4n) is 3.74. The topological polar surface area (TPSA) is 86.8 Å². The summed E-state index contributed by atoms with van der Waals surface area (Å²) in [4.78, 5) is 53.1. The third-order valence-electron chi connectivity index (χ3n) is 5.32. The second-order valence-corrected chi connectivity index (χ2v) is 8.12. The van der Waals surface area contributed by atoms with E-state index in [-0.39, 0.29) is 42.6 Å². The Balaban J connectivity index is 1.24. The number of imide groups is 1. The molecule has 7 nitrogen and oxygen atoms in total. The number of hydrogen-bond donors (Lipinski definition) is 1. The van der Waals surface area contributed by atoms with Crippen LogP contribution in [0.2, 0.25) is 0 Å². The Labute approximate surface area is 172 Å². The molecule has 1 aromatic carbocycles. The molecular weight excluding hydrogens is 390 g/mol. The summed E-state index contributed by atoms with van der Waals surface area (Å²) in [5.74, 6) is -0.849. The van der Waals surface area contributed by atoms with Crippen molar-refractivity contribution in [3.8, 4) is 0 Å². The van der Waals surface area contributed by atoms with Crippen molar-refractivity contribution < 1.29 is 19.2 Å². The number of benzene rings is 1. The predicted octanol–water partition coefficient (Wildman–Crippen LogP) is 2.16. The van der Waals surface area contributed by atoms with Crippen LogP contribution in [0.25, 0.3) is 0 Å². The third-order valence-corrected chi connectivity index (χ3v) is 6.18. The summed E-state index contributed by atoms with van der Waals surface area (Å²) in [6.45, 7) is 1.26. The van der Waals surface area contributed by atoms with Gasteiger partial charge in [0.1, 0.15) is 0 Å². The molecule has 4 amide bonds. The first-order chi connectivity index (χ1) is 14.0. The molecule has 0 spiro atoms. The van der Waals surface area contributed by atoms with E-state index < -0.39 is 0 Å². The maximum Gasteiger partial charge on any atom is 0.263 e. The molecule has 3 heterocycles. The van der Waals surface area contributed by atoms with E-state index in [1.807, 2.05) is 22.4 Å². The van der Waals surface area contributed by atoms with Crippen molar-refractivity contribution in [2.24, 2.45) is 0 Å². The summed E-state index contributed by atoms with van der Waals surface area (Å²) < 4.78 is 0. The normalized spacial score (nSPS) is 16.8. The number of nitrogens with zero attached hydrogens (tertiary/aromatic N) is 2. The molecule has 0 aliphatic carbocycles. The summed E-state index contributed by atoms with van der Waals surface area (Å²) in [6, 6.07) is 10.4. The quantitative estimate of drug-likeness (QED) is 0.764. The molecule has 4 rings (SSSR count). The Bertz CT molecular complexity index is 914. The van der Waals surface area contributed by atoms with Gasteiger partial charge in [0.05, 0.1) is 16.0 Å². The number of carbonyl (C=O) groups excluding carboxylic acids is 4. The lowest BCUT2D eigenvalue weighted by molar-refractivity contribution is -0.122. The molecule has 1 fully saturated rings. The minimum absolute atomic E-state index is 0.00272. The molecule has 150 valence electrons. The van der Waals surface area contributed by atoms with Crippen LogP contribution in [0.5, 0.6) is 0 Å². The van der Waals surface area contributed by atoms with Gasteiger partial charge >= 0.3 is 0 Å². The molecule has 2 aliphatic rings. The average molecular weight is 411 g/mol. The van der Waals surface area contributed by atoms with Crippen LogP contribution in [-0.2, 0) is 4.79 Å². The van der Waals surface area contributed by atoms with Crippen molar-refractivity contribution in [3.63, 3.8) is 0 Å². The monoisotopic (exact) mass is 411 g/mol. The van der Waals surface area contributed by atoms with E-state index in [4.69, 9.17) is 0 Å². The minimum atomic E-state index is -0.348. The molecule has 29 heavy (non-hydrogen) atoms. The molecule has 0 atom stereocenters. The van der Waals surface area contributed by atoms with Gasteiger partial charge in [-0.2, -0.15) is 0 Å². The van der Waals surface area contributed by atoms with Crippen molar-refractivity contribution in [3.05, 3.63) is 57.8 Å². The Kier molecular flexibility index (Phi) is 5.44. The second-order valence-electron chi connectivity index (χ2n) is 7.17. The highest BCUT2D eigenvalue weighted by molar-refractivity contribution is 7.12. The molecule has 1 N–H and O–H groups in total. The van der Waals surface area contributed by atoms with E-state index in [9.17, 15) is 19.2 Å². The smallest absolute Gasteiger partial charge is 0.263 e. The molecular formula is C21H21N3O4S. The summed E-state index contributed by atoms with van der Waals surface area (Å²) >= 11 is 1.43. The van der Waals surface area contributed by atoms with Gasteiger partial charge in [0.25, 0.3) is 17.7 Å². The largest absolute Gasteiger partial charge is 0.353 e. The first kappa shape index (κ1) is 19.3. The van der Waals surface area contributed by atoms with E-state index in [1.165, 1.54) is 11.3 Å². The highest BCUT2D eigenvalue weighted by Gasteiger charge is 2.35. The number of amides is 4. The van der Waals surface area contributed by atoms with Crippen molar-refractivity contribution in [2.75, 3.05) is 19.6 Å². The molecule has 0 saturated carbocycles. The molecule has 1 saturated heterocycles. The Morgan fingerprint density at radius 2 is 1.66 bits per heavy atom. The Hall–Kier alpha value is -3.00. The highest BCUT2D eigenvalue weighted by Crippen LogP contribution is 2.22. The van der Waals surface area contributed by atoms with Crippen LogP contribution in [0, 0.1) is 0 Å². The zero-order valence-corrected chi connectivity index (χ0v) is 16.6. The van der Waals surface area contributed by atoms with Gasteiger partial charge in [-0.05, 0) is 36.4 Å². The molecule has 0 unspecified atom stereocenters.